The van der Waals surface area contributed by atoms with E-state index in [0.717, 1.165) is 51.4 Å². The molecule has 0 aliphatic heterocycles. The Hall–Kier alpha value is -1.25. The van der Waals surface area contributed by atoms with Crippen molar-refractivity contribution in [2.75, 3.05) is 47.5 Å². The van der Waals surface area contributed by atoms with Crippen LogP contribution in [0.5, 0.6) is 0 Å². The predicted octanol–water partition coefficient (Wildman–Crippen LogP) is 11.6. The maximum absolute atomic E-state index is 12.7. The number of quaternary nitrogens is 1. The van der Waals surface area contributed by atoms with Gasteiger partial charge in [0.05, 0.1) is 27.7 Å². The topological polar surface area (TPSA) is 111 Å². The van der Waals surface area contributed by atoms with Gasteiger partial charge in [-0.25, -0.2) is 0 Å². The molecule has 0 saturated heterocycles. The zero-order valence-electron chi connectivity index (χ0n) is 35.2. The van der Waals surface area contributed by atoms with Gasteiger partial charge in [0.1, 0.15) is 19.8 Å². The second-order valence-electron chi connectivity index (χ2n) is 16.1. The van der Waals surface area contributed by atoms with Gasteiger partial charge in [-0.1, -0.05) is 161 Å². The highest BCUT2D eigenvalue weighted by Crippen LogP contribution is 2.38. The summed E-state index contributed by atoms with van der Waals surface area (Å²) in [7, 11) is 1.17. The van der Waals surface area contributed by atoms with Gasteiger partial charge in [-0.05, 0) is 38.5 Å². The summed E-state index contributed by atoms with van der Waals surface area (Å²) < 4.78 is 33.9. The van der Waals surface area contributed by atoms with E-state index in [0.29, 0.717) is 17.4 Å². The Kier molecular flexibility index (Phi) is 35.5. The van der Waals surface area contributed by atoms with E-state index in [-0.39, 0.29) is 32.0 Å². The number of carbonyl (C=O) groups is 2. The van der Waals surface area contributed by atoms with E-state index < -0.39 is 26.5 Å². The number of unbranched alkanes of at least 4 members (excludes halogenated alkanes) is 24. The van der Waals surface area contributed by atoms with Crippen LogP contribution >= 0.6 is 7.82 Å². The van der Waals surface area contributed by atoms with Crippen molar-refractivity contribution in [1.82, 2.24) is 0 Å². The van der Waals surface area contributed by atoms with Gasteiger partial charge < -0.3 is 27.9 Å². The normalized spacial score (nSPS) is 13.7. The summed E-state index contributed by atoms with van der Waals surface area (Å²) in [6.45, 7) is 4.23. The zero-order valence-corrected chi connectivity index (χ0v) is 36.1. The smallest absolute Gasteiger partial charge is 0.306 e. The molecule has 0 aromatic heterocycles. The first-order valence-corrected chi connectivity index (χ1v) is 23.4. The fourth-order valence-corrected chi connectivity index (χ4v) is 6.79. The van der Waals surface area contributed by atoms with E-state index in [9.17, 15) is 19.0 Å². The molecule has 0 fully saturated rings. The van der Waals surface area contributed by atoms with E-state index in [1.54, 1.807) is 0 Å². The summed E-state index contributed by atoms with van der Waals surface area (Å²) in [6.07, 6.45) is 36.6. The van der Waals surface area contributed by atoms with Crippen LogP contribution in [0.4, 0.5) is 0 Å². The lowest BCUT2D eigenvalue weighted by Crippen LogP contribution is -2.37. The SMILES string of the molecule is CCCCCCCC/C=C/CCCCCCCC(=O)O[C@H](COC(=O)CCCCCCCCCCCCCCCC)COP(=O)([O-])OCC[N+](C)(C)C. The minimum Gasteiger partial charge on any atom is -0.756 e. The third-order valence-electron chi connectivity index (χ3n) is 9.54. The van der Waals surface area contributed by atoms with E-state index in [1.165, 1.54) is 116 Å². The standard InChI is InChI=1S/C43H84NO8P/c1-6-8-10-12-14-16-18-20-22-24-26-28-30-32-34-36-43(46)52-41(40-51-53(47,48)50-38-37-44(3,4)5)39-49-42(45)35-33-31-29-27-25-23-21-19-17-15-13-11-9-7-2/h20,22,41H,6-19,21,23-40H2,1-5H3/b22-20+/t41-/m1/s1. The third kappa shape index (κ3) is 40.2. The molecule has 9 nitrogen and oxygen atoms in total. The highest BCUT2D eigenvalue weighted by molar-refractivity contribution is 7.45. The van der Waals surface area contributed by atoms with Crippen LogP contribution < -0.4 is 4.89 Å². The molecule has 10 heteroatoms. The number of ether oxygens (including phenoxy) is 2. The van der Waals surface area contributed by atoms with Crippen LogP contribution in [0.2, 0.25) is 0 Å². The number of allylic oxidation sites excluding steroid dienone is 2. The summed E-state index contributed by atoms with van der Waals surface area (Å²) in [5.74, 6) is -0.835. The van der Waals surface area contributed by atoms with Gasteiger partial charge in [0.25, 0.3) is 7.82 Å². The number of nitrogens with zero attached hydrogens (tertiary/aromatic N) is 1. The lowest BCUT2D eigenvalue weighted by Gasteiger charge is -2.28. The van der Waals surface area contributed by atoms with Crippen molar-refractivity contribution in [3.8, 4) is 0 Å². The van der Waals surface area contributed by atoms with Gasteiger partial charge in [-0.2, -0.15) is 0 Å². The zero-order chi connectivity index (χ0) is 39.3. The molecule has 0 radical (unpaired) electrons. The Morgan fingerprint density at radius 3 is 1.40 bits per heavy atom. The van der Waals surface area contributed by atoms with Crippen molar-refractivity contribution in [2.45, 2.75) is 206 Å². The Balaban J connectivity index is 4.36. The maximum atomic E-state index is 12.7. The highest BCUT2D eigenvalue weighted by atomic mass is 31.2. The summed E-state index contributed by atoms with van der Waals surface area (Å²) in [5, 5.41) is 0. The van der Waals surface area contributed by atoms with Crippen LogP contribution in [0.15, 0.2) is 12.2 Å². The molecular formula is C43H84NO8P. The molecule has 0 aliphatic rings. The van der Waals surface area contributed by atoms with E-state index >= 15 is 0 Å². The van der Waals surface area contributed by atoms with Crippen LogP contribution in [-0.4, -0.2) is 70.0 Å². The van der Waals surface area contributed by atoms with E-state index in [1.807, 2.05) is 21.1 Å². The minimum atomic E-state index is -4.62. The average Bonchev–Trinajstić information content (AvgIpc) is 3.10. The van der Waals surface area contributed by atoms with Crippen molar-refractivity contribution in [3.63, 3.8) is 0 Å². The first kappa shape index (κ1) is 51.8. The monoisotopic (exact) mass is 774 g/mol. The molecule has 0 aromatic carbocycles. The number of esters is 2. The molecule has 0 aromatic rings. The van der Waals surface area contributed by atoms with Crippen LogP contribution in [0, 0.1) is 0 Å². The number of carbonyl (C=O) groups excluding carboxylic acids is 2. The van der Waals surface area contributed by atoms with Crippen molar-refractivity contribution in [3.05, 3.63) is 12.2 Å². The van der Waals surface area contributed by atoms with Crippen molar-refractivity contribution in [2.24, 2.45) is 0 Å². The molecule has 0 heterocycles. The molecule has 314 valence electrons. The van der Waals surface area contributed by atoms with Gasteiger partial charge in [0.15, 0.2) is 6.10 Å². The molecule has 0 saturated carbocycles. The molecule has 0 bridgehead atoms. The quantitative estimate of drug-likeness (QED) is 0.0199. The Morgan fingerprint density at radius 1 is 0.566 bits per heavy atom. The minimum absolute atomic E-state index is 0.0294. The molecular weight excluding hydrogens is 689 g/mol. The van der Waals surface area contributed by atoms with E-state index in [4.69, 9.17) is 18.5 Å². The van der Waals surface area contributed by atoms with Gasteiger partial charge >= 0.3 is 11.9 Å². The number of phosphoric acid groups is 1. The Morgan fingerprint density at radius 2 is 0.962 bits per heavy atom. The molecule has 0 N–H and O–H groups in total. The van der Waals surface area contributed by atoms with Crippen molar-refractivity contribution < 1.29 is 42.1 Å². The average molecular weight is 774 g/mol. The second-order valence-corrected chi connectivity index (χ2v) is 17.5. The van der Waals surface area contributed by atoms with Gasteiger partial charge in [-0.15, -0.1) is 0 Å². The summed E-state index contributed by atoms with van der Waals surface area (Å²) in [6, 6.07) is 0. The van der Waals surface area contributed by atoms with Crippen molar-refractivity contribution >= 4 is 19.8 Å². The molecule has 0 rings (SSSR count). The van der Waals surface area contributed by atoms with Crippen LogP contribution in [0.1, 0.15) is 200 Å². The Labute approximate surface area is 326 Å². The van der Waals surface area contributed by atoms with Crippen molar-refractivity contribution in [1.29, 1.82) is 0 Å². The van der Waals surface area contributed by atoms with Crippen LogP contribution in [0.25, 0.3) is 0 Å². The van der Waals surface area contributed by atoms with Crippen LogP contribution in [0.3, 0.4) is 0 Å². The summed E-state index contributed by atoms with van der Waals surface area (Å²) in [4.78, 5) is 37.5. The first-order chi connectivity index (χ1) is 25.5. The number of hydrogen-bond acceptors (Lipinski definition) is 8. The van der Waals surface area contributed by atoms with Gasteiger partial charge in [0, 0.05) is 12.8 Å². The Bertz CT molecular complexity index is 922. The van der Waals surface area contributed by atoms with E-state index in [2.05, 4.69) is 26.0 Å². The van der Waals surface area contributed by atoms with Gasteiger partial charge in [-0.3, -0.25) is 14.2 Å². The lowest BCUT2D eigenvalue weighted by atomic mass is 10.0. The number of likely N-dealkylation sites (N-methyl/N-ethyl adjacent to an activating group) is 1. The fourth-order valence-electron chi connectivity index (χ4n) is 6.06. The summed E-state index contributed by atoms with van der Waals surface area (Å²) >= 11 is 0. The van der Waals surface area contributed by atoms with Crippen LogP contribution in [-0.2, 0) is 32.7 Å². The molecule has 1 unspecified atom stereocenters. The number of hydrogen-bond donors (Lipinski definition) is 0. The number of phosphoric ester groups is 1. The maximum Gasteiger partial charge on any atom is 0.306 e. The lowest BCUT2D eigenvalue weighted by molar-refractivity contribution is -0.870. The first-order valence-electron chi connectivity index (χ1n) is 21.9. The summed E-state index contributed by atoms with van der Waals surface area (Å²) in [5.41, 5.74) is 0. The molecule has 0 spiro atoms. The molecule has 2 atom stereocenters. The largest absolute Gasteiger partial charge is 0.756 e. The highest BCUT2D eigenvalue weighted by Gasteiger charge is 2.21. The predicted molar refractivity (Wildman–Crippen MR) is 218 cm³/mol. The third-order valence-corrected chi connectivity index (χ3v) is 10.5. The second kappa shape index (κ2) is 36.4. The molecule has 53 heavy (non-hydrogen) atoms. The molecule has 0 amide bonds. The van der Waals surface area contributed by atoms with Gasteiger partial charge in [0.2, 0.25) is 0 Å². The fraction of sp³-hybridized carbons (Fsp3) is 0.907. The molecule has 0 aliphatic carbocycles. The number of rotatable bonds is 40.